The maximum atomic E-state index is 8.64. The lowest BCUT2D eigenvalue weighted by molar-refractivity contribution is 0.282. The predicted octanol–water partition coefficient (Wildman–Crippen LogP) is 11.6. The van der Waals surface area contributed by atoms with E-state index in [1.165, 1.54) is 173 Å². The lowest BCUT2D eigenvalue weighted by atomic mass is 10.0. The third-order valence-electron chi connectivity index (χ3n) is 7.42. The molecule has 1 aliphatic rings. The summed E-state index contributed by atoms with van der Waals surface area (Å²) >= 11 is 0. The molecule has 1 fully saturated rings. The van der Waals surface area contributed by atoms with Crippen molar-refractivity contribution in [3.63, 3.8) is 0 Å². The number of hydrogen-bond donors (Lipinski definition) is 1. The molecule has 0 unspecified atom stereocenters. The van der Waals surface area contributed by atoms with Crippen molar-refractivity contribution >= 4 is 0 Å². The Hall–Kier alpha value is -0.0400. The van der Waals surface area contributed by atoms with Gasteiger partial charge in [-0.2, -0.15) is 0 Å². The minimum absolute atomic E-state index is 0.373. The molecule has 0 spiro atoms. The maximum Gasteiger partial charge on any atom is 0.0431 e. The average Bonchev–Trinajstić information content (AvgIpc) is 3.65. The highest BCUT2D eigenvalue weighted by Crippen LogP contribution is 2.34. The summed E-state index contributed by atoms with van der Waals surface area (Å²) in [6.45, 7) is 4.94. The number of unbranched alkanes of at least 4 members (excludes halogenated alkanes) is 23. The van der Waals surface area contributed by atoms with Crippen molar-refractivity contribution in [3.8, 4) is 0 Å². The zero-order valence-electron chi connectivity index (χ0n) is 23.5. The molecular formula is C32H66O. The van der Waals surface area contributed by atoms with Gasteiger partial charge >= 0.3 is 0 Å². The van der Waals surface area contributed by atoms with E-state index in [2.05, 4.69) is 13.8 Å². The molecule has 0 heterocycles. The Balaban J connectivity index is 0.000000621. The summed E-state index contributed by atoms with van der Waals surface area (Å²) in [6, 6.07) is 0. The molecule has 0 amide bonds. The molecule has 1 rings (SSSR count). The summed E-state index contributed by atoms with van der Waals surface area (Å²) in [4.78, 5) is 0. The Labute approximate surface area is 211 Å². The first-order valence-corrected chi connectivity index (χ1v) is 16.0. The van der Waals surface area contributed by atoms with Crippen LogP contribution in [0.15, 0.2) is 0 Å². The van der Waals surface area contributed by atoms with Crippen LogP contribution in [0.4, 0.5) is 0 Å². The van der Waals surface area contributed by atoms with Gasteiger partial charge in [0.2, 0.25) is 0 Å². The highest BCUT2D eigenvalue weighted by Gasteiger charge is 2.19. The number of hydrogen-bond acceptors (Lipinski definition) is 1. The Morgan fingerprint density at radius 2 is 0.667 bits per heavy atom. The van der Waals surface area contributed by atoms with Crippen LogP contribution in [0.2, 0.25) is 0 Å². The van der Waals surface area contributed by atoms with E-state index in [1.807, 2.05) is 0 Å². The summed E-state index contributed by atoms with van der Waals surface area (Å²) in [6.07, 6.45) is 40.1. The molecule has 1 saturated carbocycles. The zero-order chi connectivity index (χ0) is 24.1. The maximum absolute atomic E-state index is 8.64. The highest BCUT2D eigenvalue weighted by atomic mass is 16.2. The molecular weight excluding hydrogens is 400 g/mol. The van der Waals surface area contributed by atoms with Crippen LogP contribution in [-0.4, -0.2) is 11.7 Å². The predicted molar refractivity (Wildman–Crippen MR) is 151 cm³/mol. The first-order chi connectivity index (χ1) is 16.3. The largest absolute Gasteiger partial charge is 0.396 e. The van der Waals surface area contributed by atoms with Crippen molar-refractivity contribution in [2.24, 2.45) is 5.92 Å². The average molecular weight is 467 g/mol. The Bertz CT molecular complexity index is 308. The molecule has 0 radical (unpaired) electrons. The molecule has 200 valence electrons. The van der Waals surface area contributed by atoms with E-state index in [-0.39, 0.29) is 0 Å². The van der Waals surface area contributed by atoms with Gasteiger partial charge in [0.1, 0.15) is 0 Å². The molecule has 33 heavy (non-hydrogen) atoms. The third-order valence-corrected chi connectivity index (χ3v) is 7.42. The molecule has 1 heteroatoms. The molecule has 1 N–H and O–H groups in total. The zero-order valence-corrected chi connectivity index (χ0v) is 23.5. The van der Waals surface area contributed by atoms with Gasteiger partial charge < -0.3 is 5.11 Å². The standard InChI is InChI=1S/C16H34O.C16H32/c1-2-3-4-5-6-7-8-9-10-11-12-13-14-15-16-17;1-2-3-4-5-6-7-8-9-10-11-12-13-16-14-15-16/h17H,2-16H2,1H3;16H,2-15H2,1H3. The van der Waals surface area contributed by atoms with Gasteiger partial charge in [-0.15, -0.1) is 0 Å². The van der Waals surface area contributed by atoms with Crippen LogP contribution < -0.4 is 0 Å². The van der Waals surface area contributed by atoms with Gasteiger partial charge in [0.05, 0.1) is 0 Å². The second-order valence-electron chi connectivity index (χ2n) is 11.1. The van der Waals surface area contributed by atoms with Gasteiger partial charge in [0, 0.05) is 6.61 Å². The van der Waals surface area contributed by atoms with Crippen molar-refractivity contribution in [2.45, 2.75) is 194 Å². The summed E-state index contributed by atoms with van der Waals surface area (Å²) in [7, 11) is 0. The number of aliphatic hydroxyl groups is 1. The summed E-state index contributed by atoms with van der Waals surface area (Å²) < 4.78 is 0. The van der Waals surface area contributed by atoms with Gasteiger partial charge in [-0.3, -0.25) is 0 Å². The SMILES string of the molecule is CCCCCCCCCCCCCC1CC1.CCCCCCCCCCCCCCCCO. The van der Waals surface area contributed by atoms with E-state index in [4.69, 9.17) is 5.11 Å². The van der Waals surface area contributed by atoms with Crippen LogP contribution in [0.1, 0.15) is 194 Å². The van der Waals surface area contributed by atoms with Gasteiger partial charge in [-0.05, 0) is 12.3 Å². The van der Waals surface area contributed by atoms with Crippen molar-refractivity contribution in [2.75, 3.05) is 6.61 Å². The lowest BCUT2D eigenvalue weighted by Crippen LogP contribution is -1.84. The van der Waals surface area contributed by atoms with Crippen LogP contribution in [0.5, 0.6) is 0 Å². The van der Waals surface area contributed by atoms with E-state index in [0.717, 1.165) is 12.3 Å². The van der Waals surface area contributed by atoms with Crippen molar-refractivity contribution in [3.05, 3.63) is 0 Å². The third kappa shape index (κ3) is 32.0. The fourth-order valence-electron chi connectivity index (χ4n) is 4.81. The van der Waals surface area contributed by atoms with E-state index >= 15 is 0 Å². The smallest absolute Gasteiger partial charge is 0.0431 e. The molecule has 0 aromatic rings. The molecule has 0 aromatic heterocycles. The van der Waals surface area contributed by atoms with E-state index in [0.29, 0.717) is 6.61 Å². The van der Waals surface area contributed by atoms with Gasteiger partial charge in [-0.1, -0.05) is 187 Å². The van der Waals surface area contributed by atoms with Crippen molar-refractivity contribution in [1.29, 1.82) is 0 Å². The van der Waals surface area contributed by atoms with Gasteiger partial charge in [-0.25, -0.2) is 0 Å². The molecule has 0 aliphatic heterocycles. The minimum Gasteiger partial charge on any atom is -0.396 e. The summed E-state index contributed by atoms with van der Waals surface area (Å²) in [5, 5.41) is 8.64. The topological polar surface area (TPSA) is 20.2 Å². The Kier molecular flexibility index (Phi) is 30.0. The Morgan fingerprint density at radius 1 is 0.394 bits per heavy atom. The van der Waals surface area contributed by atoms with E-state index < -0.39 is 0 Å². The molecule has 1 nitrogen and oxygen atoms in total. The van der Waals surface area contributed by atoms with Crippen LogP contribution in [-0.2, 0) is 0 Å². The molecule has 0 saturated heterocycles. The first kappa shape index (κ1) is 33.0. The molecule has 0 aromatic carbocycles. The second-order valence-corrected chi connectivity index (χ2v) is 11.1. The first-order valence-electron chi connectivity index (χ1n) is 16.0. The van der Waals surface area contributed by atoms with Crippen LogP contribution in [0.25, 0.3) is 0 Å². The molecule has 0 bridgehead atoms. The van der Waals surface area contributed by atoms with Crippen LogP contribution in [0.3, 0.4) is 0 Å². The highest BCUT2D eigenvalue weighted by molar-refractivity contribution is 4.72. The van der Waals surface area contributed by atoms with E-state index in [1.54, 1.807) is 0 Å². The van der Waals surface area contributed by atoms with Crippen molar-refractivity contribution in [1.82, 2.24) is 0 Å². The quantitative estimate of drug-likeness (QED) is 0.126. The number of aliphatic hydroxyl groups excluding tert-OH is 1. The second kappa shape index (κ2) is 30.0. The normalized spacial score (nSPS) is 13.2. The summed E-state index contributed by atoms with van der Waals surface area (Å²) in [5.41, 5.74) is 0. The van der Waals surface area contributed by atoms with Crippen LogP contribution >= 0.6 is 0 Å². The molecule has 1 aliphatic carbocycles. The van der Waals surface area contributed by atoms with Gasteiger partial charge in [0.25, 0.3) is 0 Å². The van der Waals surface area contributed by atoms with Gasteiger partial charge in [0.15, 0.2) is 0 Å². The molecule has 0 atom stereocenters. The summed E-state index contributed by atoms with van der Waals surface area (Å²) in [5.74, 6) is 1.15. The van der Waals surface area contributed by atoms with E-state index in [9.17, 15) is 0 Å². The fraction of sp³-hybridized carbons (Fsp3) is 1.00. The van der Waals surface area contributed by atoms with Crippen molar-refractivity contribution < 1.29 is 5.11 Å². The monoisotopic (exact) mass is 467 g/mol. The van der Waals surface area contributed by atoms with Crippen LogP contribution in [0, 0.1) is 5.92 Å². The minimum atomic E-state index is 0.373. The lowest BCUT2D eigenvalue weighted by Gasteiger charge is -2.02. The Morgan fingerprint density at radius 3 is 0.939 bits per heavy atom. The number of rotatable bonds is 26. The fourth-order valence-corrected chi connectivity index (χ4v) is 4.81.